The van der Waals surface area contributed by atoms with Gasteiger partial charge < -0.3 is 15.0 Å². The summed E-state index contributed by atoms with van der Waals surface area (Å²) in [5.41, 5.74) is 1.81. The van der Waals surface area contributed by atoms with Gasteiger partial charge >= 0.3 is 0 Å². The quantitative estimate of drug-likeness (QED) is 0.254. The summed E-state index contributed by atoms with van der Waals surface area (Å²) in [5, 5.41) is 4.45. The highest BCUT2D eigenvalue weighted by molar-refractivity contribution is 7.92. The maximum atomic E-state index is 13.2. The van der Waals surface area contributed by atoms with Crippen LogP contribution in [0.2, 0.25) is 5.02 Å². The fourth-order valence-electron chi connectivity index (χ4n) is 4.85. The van der Waals surface area contributed by atoms with Gasteiger partial charge in [-0.05, 0) is 55.5 Å². The summed E-state index contributed by atoms with van der Waals surface area (Å²) < 4.78 is 34.2. The number of nitrogens with one attached hydrogen (secondary N) is 1. The molecule has 1 aliphatic heterocycles. The smallest absolute Gasteiger partial charge is 0.264 e. The first kappa shape index (κ1) is 31.8. The van der Waals surface area contributed by atoms with Crippen LogP contribution in [0.15, 0.2) is 71.6 Å². The monoisotopic (exact) mass is 649 g/mol. The average Bonchev–Trinajstić information content (AvgIpc) is 3.43. The van der Waals surface area contributed by atoms with E-state index < -0.39 is 10.0 Å². The summed E-state index contributed by atoms with van der Waals surface area (Å²) in [5.74, 6) is 0.373. The van der Waals surface area contributed by atoms with E-state index in [-0.39, 0.29) is 23.2 Å². The molecule has 0 atom stereocenters. The Hall–Kier alpha value is -3.09. The predicted molar refractivity (Wildman–Crippen MR) is 173 cm³/mol. The lowest BCUT2D eigenvalue weighted by Crippen LogP contribution is -2.48. The molecule has 0 bridgehead atoms. The van der Waals surface area contributed by atoms with Crippen LogP contribution in [0.1, 0.15) is 17.3 Å². The number of nitrogens with zero attached hydrogens (tertiary/aromatic N) is 4. The number of rotatable bonds is 10. The van der Waals surface area contributed by atoms with E-state index in [2.05, 4.69) is 15.1 Å². The number of piperazine rings is 1. The molecule has 1 aliphatic rings. The Morgan fingerprint density at radius 1 is 1.05 bits per heavy atom. The van der Waals surface area contributed by atoms with E-state index in [1.54, 1.807) is 61.8 Å². The van der Waals surface area contributed by atoms with Crippen LogP contribution in [0.3, 0.4) is 0 Å². The predicted octanol–water partition coefficient (Wildman–Crippen LogP) is 5.15. The largest absolute Gasteiger partial charge is 0.493 e. The normalized spacial score (nSPS) is 13.9. The molecule has 4 aromatic rings. The van der Waals surface area contributed by atoms with Gasteiger partial charge in [-0.2, -0.15) is 0 Å². The Morgan fingerprint density at radius 2 is 1.74 bits per heavy atom. The highest BCUT2D eigenvalue weighted by Crippen LogP contribution is 2.38. The van der Waals surface area contributed by atoms with Gasteiger partial charge in [0.1, 0.15) is 5.52 Å². The first-order valence-electron chi connectivity index (χ1n) is 13.4. The Kier molecular flexibility index (Phi) is 10.6. The van der Waals surface area contributed by atoms with Crippen molar-refractivity contribution in [1.29, 1.82) is 0 Å². The van der Waals surface area contributed by atoms with Crippen molar-refractivity contribution >= 4 is 72.3 Å². The van der Waals surface area contributed by atoms with E-state index in [0.29, 0.717) is 35.1 Å². The zero-order chi connectivity index (χ0) is 29.0. The molecule has 5 rings (SSSR count). The number of halogens is 2. The first-order valence-corrected chi connectivity index (χ1v) is 16.0. The zero-order valence-electron chi connectivity index (χ0n) is 23.3. The molecule has 2 heterocycles. The van der Waals surface area contributed by atoms with E-state index in [1.807, 2.05) is 18.2 Å². The standard InChI is InChI=1S/C29H32ClN5O4S2.ClH/c1-3-35(22-7-5-4-6-8-22)41(37,38)23-11-9-21(10-12-23)28(36)31-15-16-33-17-19-34(20-18-33)29-32-26-25(40-29)14-13-24(30)27(26)39-2;/h4-14H,3,15-20H2,1-2H3,(H,31,36);1H. The van der Waals surface area contributed by atoms with E-state index in [0.717, 1.165) is 48.1 Å². The van der Waals surface area contributed by atoms with Gasteiger partial charge in [-0.15, -0.1) is 12.4 Å². The Morgan fingerprint density at radius 3 is 2.38 bits per heavy atom. The summed E-state index contributed by atoms with van der Waals surface area (Å²) in [6.07, 6.45) is 0. The lowest BCUT2D eigenvalue weighted by molar-refractivity contribution is 0.0947. The highest BCUT2D eigenvalue weighted by Gasteiger charge is 2.24. The molecule has 0 aliphatic carbocycles. The Balaban J connectivity index is 0.00000405. The van der Waals surface area contributed by atoms with Crippen LogP contribution in [0.25, 0.3) is 10.2 Å². The SMILES string of the molecule is CCN(c1ccccc1)S(=O)(=O)c1ccc(C(=O)NCCN2CCN(c3nc4c(OC)c(Cl)ccc4s3)CC2)cc1.Cl. The second-order valence-electron chi connectivity index (χ2n) is 9.54. The number of benzene rings is 3. The van der Waals surface area contributed by atoms with E-state index in [1.165, 1.54) is 16.4 Å². The number of methoxy groups -OCH3 is 1. The van der Waals surface area contributed by atoms with Crippen molar-refractivity contribution in [3.05, 3.63) is 77.3 Å². The van der Waals surface area contributed by atoms with Crippen LogP contribution in [-0.2, 0) is 10.0 Å². The number of sulfonamides is 1. The molecule has 0 radical (unpaired) electrons. The van der Waals surface area contributed by atoms with Gasteiger partial charge in [-0.25, -0.2) is 13.4 Å². The third kappa shape index (κ3) is 6.76. The number of amides is 1. The third-order valence-electron chi connectivity index (χ3n) is 7.05. The minimum Gasteiger partial charge on any atom is -0.493 e. The summed E-state index contributed by atoms with van der Waals surface area (Å²) in [4.78, 5) is 22.2. The summed E-state index contributed by atoms with van der Waals surface area (Å²) >= 11 is 7.88. The fraction of sp³-hybridized carbons (Fsp3) is 0.310. The number of hydrogen-bond donors (Lipinski definition) is 1. The topological polar surface area (TPSA) is 95.1 Å². The zero-order valence-corrected chi connectivity index (χ0v) is 26.5. The van der Waals surface area contributed by atoms with E-state index >= 15 is 0 Å². The van der Waals surface area contributed by atoms with Crippen molar-refractivity contribution in [2.45, 2.75) is 11.8 Å². The van der Waals surface area contributed by atoms with Crippen molar-refractivity contribution in [2.75, 3.05) is 62.1 Å². The average molecular weight is 651 g/mol. The van der Waals surface area contributed by atoms with Gasteiger partial charge in [0.15, 0.2) is 10.9 Å². The number of carbonyl (C=O) groups excluding carboxylic acids is 1. The first-order chi connectivity index (χ1) is 19.8. The lowest BCUT2D eigenvalue weighted by atomic mass is 10.2. The molecule has 1 aromatic heterocycles. The number of aromatic nitrogens is 1. The number of ether oxygens (including phenoxy) is 1. The number of hydrogen-bond acceptors (Lipinski definition) is 8. The van der Waals surface area contributed by atoms with Crippen molar-refractivity contribution in [2.24, 2.45) is 0 Å². The van der Waals surface area contributed by atoms with Crippen LogP contribution in [0.5, 0.6) is 5.75 Å². The van der Waals surface area contributed by atoms with Gasteiger partial charge in [-0.3, -0.25) is 14.0 Å². The van der Waals surface area contributed by atoms with Crippen molar-refractivity contribution in [3.63, 3.8) is 0 Å². The number of fused-ring (bicyclic) bond motifs is 1. The highest BCUT2D eigenvalue weighted by atomic mass is 35.5. The maximum Gasteiger partial charge on any atom is 0.264 e. The number of para-hydroxylation sites is 1. The minimum atomic E-state index is -3.74. The van der Waals surface area contributed by atoms with E-state index in [9.17, 15) is 13.2 Å². The molecular weight excluding hydrogens is 617 g/mol. The van der Waals surface area contributed by atoms with Crippen molar-refractivity contribution in [1.82, 2.24) is 15.2 Å². The number of anilines is 2. The summed E-state index contributed by atoms with van der Waals surface area (Å²) in [6, 6.07) is 18.9. The molecule has 13 heteroatoms. The minimum absolute atomic E-state index is 0. The second kappa shape index (κ2) is 13.9. The molecule has 1 saturated heterocycles. The molecule has 3 aromatic carbocycles. The third-order valence-corrected chi connectivity index (χ3v) is 10.3. The summed E-state index contributed by atoms with van der Waals surface area (Å²) in [6.45, 7) is 6.67. The lowest BCUT2D eigenvalue weighted by Gasteiger charge is -2.34. The molecule has 9 nitrogen and oxygen atoms in total. The molecule has 0 saturated carbocycles. The van der Waals surface area contributed by atoms with E-state index in [4.69, 9.17) is 21.3 Å². The molecule has 224 valence electrons. The molecule has 1 fully saturated rings. The van der Waals surface area contributed by atoms with Crippen LogP contribution < -0.4 is 19.3 Å². The molecule has 42 heavy (non-hydrogen) atoms. The van der Waals surface area contributed by atoms with Crippen LogP contribution in [0.4, 0.5) is 10.8 Å². The van der Waals surface area contributed by atoms with Gasteiger partial charge in [0, 0.05) is 51.4 Å². The second-order valence-corrected chi connectivity index (χ2v) is 12.8. The molecule has 1 N–H and O–H groups in total. The number of thiazole rings is 1. The van der Waals surface area contributed by atoms with Gasteiger partial charge in [0.25, 0.3) is 15.9 Å². The van der Waals surface area contributed by atoms with Gasteiger partial charge in [0.05, 0.1) is 27.4 Å². The molecule has 0 spiro atoms. The van der Waals surface area contributed by atoms with Crippen LogP contribution >= 0.6 is 35.3 Å². The van der Waals surface area contributed by atoms with Crippen LogP contribution in [0, 0.1) is 0 Å². The summed E-state index contributed by atoms with van der Waals surface area (Å²) in [7, 11) is -2.14. The van der Waals surface area contributed by atoms with Gasteiger partial charge in [-0.1, -0.05) is 41.1 Å². The number of carbonyl (C=O) groups is 1. The molecule has 0 unspecified atom stereocenters. The molecule has 1 amide bonds. The van der Waals surface area contributed by atoms with Crippen LogP contribution in [-0.4, -0.2) is 77.1 Å². The Labute approximate surface area is 261 Å². The van der Waals surface area contributed by atoms with Crippen molar-refractivity contribution in [3.8, 4) is 5.75 Å². The maximum absolute atomic E-state index is 13.2. The fourth-order valence-corrected chi connectivity index (χ4v) is 7.57. The Bertz CT molecular complexity index is 1610. The van der Waals surface area contributed by atoms with Crippen molar-refractivity contribution < 1.29 is 17.9 Å². The molecular formula is C29H33Cl2N5O4S2. The van der Waals surface area contributed by atoms with Gasteiger partial charge in [0.2, 0.25) is 0 Å².